The van der Waals surface area contributed by atoms with Crippen LogP contribution in [0, 0.1) is 11.6 Å². The molecule has 3 N–H and O–H groups in total. The van der Waals surface area contributed by atoms with Crippen molar-refractivity contribution >= 4 is 18.0 Å². The Hall–Kier alpha value is -3.11. The quantitative estimate of drug-likeness (QED) is 0.567. The second kappa shape index (κ2) is 9.39. The molecule has 2 atom stereocenters. The zero-order valence-electron chi connectivity index (χ0n) is 15.6. The molecule has 1 aromatic carbocycles. The molecule has 1 aromatic rings. The largest absolute Gasteiger partial charge is 0.482 e. The molecular weight excluding hydrogens is 396 g/mol. The first-order valence-electron chi connectivity index (χ1n) is 8.67. The van der Waals surface area contributed by atoms with Crippen molar-refractivity contribution in [2.24, 2.45) is 4.99 Å². The minimum Gasteiger partial charge on any atom is -0.482 e. The van der Waals surface area contributed by atoms with E-state index in [2.05, 4.69) is 25.7 Å². The molecule has 2 amide bonds. The maximum absolute atomic E-state index is 14.1. The lowest BCUT2D eigenvalue weighted by atomic mass is 10.0. The fourth-order valence-electron chi connectivity index (χ4n) is 2.47. The number of amides is 2. The van der Waals surface area contributed by atoms with Crippen molar-refractivity contribution in [2.45, 2.75) is 38.4 Å². The van der Waals surface area contributed by atoms with Gasteiger partial charge >= 0.3 is 0 Å². The molecule has 0 radical (unpaired) electrons. The Morgan fingerprint density at radius 2 is 1.93 bits per heavy atom. The van der Waals surface area contributed by atoms with Gasteiger partial charge in [-0.1, -0.05) is 6.92 Å². The van der Waals surface area contributed by atoms with Gasteiger partial charge in [0.15, 0.2) is 17.4 Å². The summed E-state index contributed by atoms with van der Waals surface area (Å²) >= 11 is 0. The number of halogens is 4. The van der Waals surface area contributed by atoms with Crippen molar-refractivity contribution in [3.8, 4) is 5.75 Å². The van der Waals surface area contributed by atoms with Gasteiger partial charge in [0.25, 0.3) is 12.3 Å². The molecule has 0 aromatic heterocycles. The summed E-state index contributed by atoms with van der Waals surface area (Å²) in [5, 5.41) is 7.72. The van der Waals surface area contributed by atoms with Gasteiger partial charge in [-0.3, -0.25) is 14.6 Å². The summed E-state index contributed by atoms with van der Waals surface area (Å²) < 4.78 is 57.0. The van der Waals surface area contributed by atoms with Crippen LogP contribution in [0.5, 0.6) is 5.75 Å². The van der Waals surface area contributed by atoms with E-state index in [-0.39, 0.29) is 12.0 Å². The Morgan fingerprint density at radius 3 is 2.45 bits per heavy atom. The number of ether oxygens (including phenoxy) is 1. The zero-order chi connectivity index (χ0) is 21.6. The second-order valence-corrected chi connectivity index (χ2v) is 6.16. The molecule has 0 saturated carbocycles. The van der Waals surface area contributed by atoms with E-state index in [4.69, 9.17) is 0 Å². The highest BCUT2D eigenvalue weighted by molar-refractivity contribution is 6.06. The van der Waals surface area contributed by atoms with Gasteiger partial charge in [0.05, 0.1) is 12.3 Å². The van der Waals surface area contributed by atoms with Gasteiger partial charge in [0.1, 0.15) is 6.61 Å². The molecule has 1 heterocycles. The van der Waals surface area contributed by atoms with Crippen LogP contribution < -0.4 is 20.7 Å². The van der Waals surface area contributed by atoms with Crippen LogP contribution >= 0.6 is 0 Å². The zero-order valence-corrected chi connectivity index (χ0v) is 15.6. The molecule has 7 nitrogen and oxygen atoms in total. The number of hydrogen-bond acceptors (Lipinski definition) is 5. The predicted molar refractivity (Wildman–Crippen MR) is 96.3 cm³/mol. The third kappa shape index (κ3) is 5.46. The Bertz CT molecular complexity index is 808. The van der Waals surface area contributed by atoms with Crippen molar-refractivity contribution in [3.05, 3.63) is 41.7 Å². The summed E-state index contributed by atoms with van der Waals surface area (Å²) in [5.74, 6) is -4.45. The topological polar surface area (TPSA) is 91.8 Å². The third-order valence-corrected chi connectivity index (χ3v) is 3.98. The lowest BCUT2D eigenvalue weighted by Crippen LogP contribution is -2.67. The van der Waals surface area contributed by atoms with Gasteiger partial charge in [-0.15, -0.1) is 0 Å². The number of aliphatic imine (C=N–C) groups is 1. The third-order valence-electron chi connectivity index (χ3n) is 3.98. The van der Waals surface area contributed by atoms with Crippen molar-refractivity contribution in [3.63, 3.8) is 0 Å². The summed E-state index contributed by atoms with van der Waals surface area (Å²) in [6.07, 6.45) is 1.13. The lowest BCUT2D eigenvalue weighted by molar-refractivity contribution is -0.132. The molecule has 0 spiro atoms. The monoisotopic (exact) mass is 416 g/mol. The van der Waals surface area contributed by atoms with E-state index in [1.807, 2.05) is 0 Å². The van der Waals surface area contributed by atoms with Crippen LogP contribution in [-0.4, -0.2) is 36.7 Å². The van der Waals surface area contributed by atoms with E-state index in [0.29, 0.717) is 0 Å². The number of carbonyl (C=O) groups is 2. The predicted octanol–water partition coefficient (Wildman–Crippen LogP) is 2.15. The van der Waals surface area contributed by atoms with Crippen LogP contribution in [0.3, 0.4) is 0 Å². The van der Waals surface area contributed by atoms with Crippen molar-refractivity contribution in [2.75, 3.05) is 6.61 Å². The number of nitrogens with one attached hydrogen (secondary N) is 3. The maximum Gasteiger partial charge on any atom is 0.272 e. The lowest BCUT2D eigenvalue weighted by Gasteiger charge is -2.32. The highest BCUT2D eigenvalue weighted by Gasteiger charge is 2.39. The molecule has 0 bridgehead atoms. The summed E-state index contributed by atoms with van der Waals surface area (Å²) in [6, 6.07) is 0.843. The number of alkyl halides is 2. The van der Waals surface area contributed by atoms with Crippen molar-refractivity contribution < 1.29 is 31.9 Å². The molecule has 1 aliphatic heterocycles. The Balaban J connectivity index is 2.18. The Kier molecular flexibility index (Phi) is 7.18. The molecule has 11 heteroatoms. The van der Waals surface area contributed by atoms with Gasteiger partial charge in [0.2, 0.25) is 11.6 Å². The minimum atomic E-state index is -2.89. The first-order chi connectivity index (χ1) is 13.7. The minimum absolute atomic E-state index is 0.0259. The van der Waals surface area contributed by atoms with Gasteiger partial charge in [-0.05, 0) is 24.6 Å². The molecule has 0 fully saturated rings. The molecule has 1 aliphatic rings. The molecule has 0 aliphatic carbocycles. The standard InChI is InChI=1S/C18H20F4N4O3/c1-3-15(27)26-18(9-23-4-5-24-18)17(28)25-10(2)11-6-12(19)16(13(20)7-11)29-8-14(21)22/h4-7,9-10,14,24H,3,8H2,1-2H3,(H,25,28)(H,26,27). The second-order valence-electron chi connectivity index (χ2n) is 6.16. The Labute approximate surface area is 164 Å². The van der Waals surface area contributed by atoms with Gasteiger partial charge in [0, 0.05) is 18.8 Å². The summed E-state index contributed by atoms with van der Waals surface area (Å²) in [4.78, 5) is 28.4. The van der Waals surface area contributed by atoms with Crippen LogP contribution in [0.15, 0.2) is 29.5 Å². The van der Waals surface area contributed by atoms with E-state index >= 15 is 0 Å². The van der Waals surface area contributed by atoms with Crippen LogP contribution in [-0.2, 0) is 9.59 Å². The first-order valence-corrected chi connectivity index (χ1v) is 8.67. The van der Waals surface area contributed by atoms with Crippen molar-refractivity contribution in [1.82, 2.24) is 16.0 Å². The van der Waals surface area contributed by atoms with E-state index in [1.165, 1.54) is 25.5 Å². The fraction of sp³-hybridized carbons (Fsp3) is 0.389. The number of rotatable bonds is 8. The van der Waals surface area contributed by atoms with E-state index < -0.39 is 53.9 Å². The molecule has 2 unspecified atom stereocenters. The van der Waals surface area contributed by atoms with Crippen LogP contribution in [0.25, 0.3) is 0 Å². The smallest absolute Gasteiger partial charge is 0.272 e. The summed E-state index contributed by atoms with van der Waals surface area (Å²) in [7, 11) is 0. The summed E-state index contributed by atoms with van der Waals surface area (Å²) in [5.41, 5.74) is -1.65. The van der Waals surface area contributed by atoms with Gasteiger partial charge < -0.3 is 20.7 Å². The van der Waals surface area contributed by atoms with E-state index in [9.17, 15) is 27.2 Å². The van der Waals surface area contributed by atoms with Crippen LogP contribution in [0.1, 0.15) is 31.9 Å². The average Bonchev–Trinajstić information content (AvgIpc) is 2.67. The fourth-order valence-corrected chi connectivity index (χ4v) is 2.47. The van der Waals surface area contributed by atoms with Crippen molar-refractivity contribution in [1.29, 1.82) is 0 Å². The highest BCUT2D eigenvalue weighted by atomic mass is 19.3. The van der Waals surface area contributed by atoms with Gasteiger partial charge in [-0.25, -0.2) is 17.6 Å². The first kappa shape index (κ1) is 22.2. The number of hydrogen-bond donors (Lipinski definition) is 3. The SMILES string of the molecule is CCC(=O)NC1(C(=O)NC(C)c2cc(F)c(OCC(F)F)c(F)c2)C=NC=CN1. The van der Waals surface area contributed by atoms with E-state index in [1.54, 1.807) is 6.92 Å². The van der Waals surface area contributed by atoms with Crippen LogP contribution in [0.4, 0.5) is 17.6 Å². The summed E-state index contributed by atoms with van der Waals surface area (Å²) in [6.45, 7) is 1.90. The molecule has 158 valence electrons. The number of benzene rings is 1. The number of carbonyl (C=O) groups excluding carboxylic acids is 2. The van der Waals surface area contributed by atoms with Crippen LogP contribution in [0.2, 0.25) is 0 Å². The molecule has 2 rings (SSSR count). The Morgan fingerprint density at radius 1 is 1.28 bits per heavy atom. The maximum atomic E-state index is 14.1. The molecule has 29 heavy (non-hydrogen) atoms. The highest BCUT2D eigenvalue weighted by Crippen LogP contribution is 2.27. The average molecular weight is 416 g/mol. The normalized spacial score (nSPS) is 18.9. The molecule has 0 saturated heterocycles. The van der Waals surface area contributed by atoms with E-state index in [0.717, 1.165) is 12.1 Å². The molecular formula is C18H20F4N4O3. The number of nitrogens with zero attached hydrogens (tertiary/aromatic N) is 1. The van der Waals surface area contributed by atoms with Gasteiger partial charge in [-0.2, -0.15) is 0 Å².